The van der Waals surface area contributed by atoms with Crippen LogP contribution >= 0.6 is 0 Å². The fourth-order valence-electron chi connectivity index (χ4n) is 2.14. The van der Waals surface area contributed by atoms with E-state index >= 15 is 0 Å². The van der Waals surface area contributed by atoms with Gasteiger partial charge in [0.05, 0.1) is 0 Å². The third-order valence-corrected chi connectivity index (χ3v) is 2.94. The van der Waals surface area contributed by atoms with E-state index in [1.807, 2.05) is 30.3 Å². The Morgan fingerprint density at radius 3 is 2.15 bits per heavy atom. The van der Waals surface area contributed by atoms with Crippen molar-refractivity contribution in [1.29, 1.82) is 0 Å². The second-order valence-corrected chi connectivity index (χ2v) is 3.89. The Labute approximate surface area is 78.8 Å². The van der Waals surface area contributed by atoms with Gasteiger partial charge in [0.1, 0.15) is 5.67 Å². The number of hydrogen-bond donors (Lipinski definition) is 0. The van der Waals surface area contributed by atoms with Gasteiger partial charge in [-0.2, -0.15) is 0 Å². The molecule has 1 aliphatic rings. The summed E-state index contributed by atoms with van der Waals surface area (Å²) in [6, 6.07) is 9.60. The molecule has 0 amide bonds. The molecule has 0 N–H and O–H groups in total. The maximum absolute atomic E-state index is 14.3. The van der Waals surface area contributed by atoms with Gasteiger partial charge >= 0.3 is 0 Å². The van der Waals surface area contributed by atoms with Crippen LogP contribution in [-0.2, 0) is 5.67 Å². The van der Waals surface area contributed by atoms with E-state index in [-0.39, 0.29) is 0 Å². The van der Waals surface area contributed by atoms with Crippen molar-refractivity contribution in [3.8, 4) is 0 Å². The monoisotopic (exact) mass is 177 g/mol. The average molecular weight is 177 g/mol. The third-order valence-electron chi connectivity index (χ3n) is 2.94. The molecule has 1 saturated carbocycles. The van der Waals surface area contributed by atoms with Crippen LogP contribution in [0.15, 0.2) is 30.3 Å². The van der Waals surface area contributed by atoms with Crippen molar-refractivity contribution in [2.75, 3.05) is 0 Å². The van der Waals surface area contributed by atoms with Crippen molar-refractivity contribution in [2.45, 2.75) is 37.8 Å². The first-order valence-electron chi connectivity index (χ1n) is 5.06. The van der Waals surface area contributed by atoms with Crippen molar-refractivity contribution >= 4 is 0 Å². The first kappa shape index (κ1) is 8.74. The molecule has 0 atom stereocenters. The summed E-state index contributed by atoms with van der Waals surface area (Å²) in [5.74, 6) is 0. The lowest BCUT2D eigenvalue weighted by Gasteiger charge is -2.29. The zero-order valence-corrected chi connectivity index (χ0v) is 7.80. The van der Waals surface area contributed by atoms with Gasteiger partial charge in [-0.1, -0.05) is 36.8 Å². The zero-order chi connectivity index (χ0) is 9.15. The minimum absolute atomic E-state index is 0.705. The van der Waals surface area contributed by atoms with Gasteiger partial charge in [0.25, 0.3) is 0 Å². The van der Waals surface area contributed by atoms with Crippen LogP contribution in [0.3, 0.4) is 0 Å². The predicted molar refractivity (Wildman–Crippen MR) is 52.3 cm³/mol. The van der Waals surface area contributed by atoms with E-state index in [2.05, 4.69) is 0 Å². The topological polar surface area (TPSA) is 0 Å². The van der Waals surface area contributed by atoms with Crippen LogP contribution < -0.4 is 0 Å². The smallest absolute Gasteiger partial charge is 0.136 e. The van der Waals surface area contributed by atoms with Gasteiger partial charge in [0.15, 0.2) is 0 Å². The minimum atomic E-state index is -1.03. The summed E-state index contributed by atoms with van der Waals surface area (Å²) in [7, 11) is 0. The SMILES string of the molecule is [18F]C1(c2ccccc2)CCCCC1. The van der Waals surface area contributed by atoms with Crippen LogP contribution in [0.25, 0.3) is 0 Å². The molecule has 0 nitrogen and oxygen atoms in total. The van der Waals surface area contributed by atoms with E-state index < -0.39 is 5.67 Å². The quantitative estimate of drug-likeness (QED) is 0.611. The maximum Gasteiger partial charge on any atom is 0.136 e. The van der Waals surface area contributed by atoms with E-state index in [9.17, 15) is 4.39 Å². The summed E-state index contributed by atoms with van der Waals surface area (Å²) in [4.78, 5) is 0. The lowest BCUT2D eigenvalue weighted by atomic mass is 9.81. The standard InChI is InChI=1S/C12H15F/c13-12(9-5-2-6-10-12)11-7-3-1-4-8-11/h1,3-4,7-8H,2,5-6,9-10H2/i13-1. The van der Waals surface area contributed by atoms with Crippen molar-refractivity contribution < 1.29 is 4.39 Å². The second kappa shape index (κ2) is 3.49. The Bertz CT molecular complexity index is 260. The van der Waals surface area contributed by atoms with Crippen LogP contribution in [0.5, 0.6) is 0 Å². The summed E-state index contributed by atoms with van der Waals surface area (Å²) in [5, 5.41) is 0. The highest BCUT2D eigenvalue weighted by Crippen LogP contribution is 2.40. The van der Waals surface area contributed by atoms with Crippen molar-refractivity contribution in [3.05, 3.63) is 35.9 Å². The number of hydrogen-bond acceptors (Lipinski definition) is 0. The first-order valence-corrected chi connectivity index (χ1v) is 5.06. The van der Waals surface area contributed by atoms with Crippen molar-refractivity contribution in [1.82, 2.24) is 0 Å². The Morgan fingerprint density at radius 1 is 0.923 bits per heavy atom. The van der Waals surface area contributed by atoms with Gasteiger partial charge in [-0.3, -0.25) is 0 Å². The molecule has 13 heavy (non-hydrogen) atoms. The highest BCUT2D eigenvalue weighted by molar-refractivity contribution is 5.22. The minimum Gasteiger partial charge on any atom is -0.239 e. The van der Waals surface area contributed by atoms with Gasteiger partial charge < -0.3 is 0 Å². The number of alkyl halides is 1. The molecule has 0 saturated heterocycles. The van der Waals surface area contributed by atoms with Crippen molar-refractivity contribution in [3.63, 3.8) is 0 Å². The van der Waals surface area contributed by atoms with E-state index in [4.69, 9.17) is 0 Å². The van der Waals surface area contributed by atoms with Crippen LogP contribution in [0.1, 0.15) is 37.7 Å². The predicted octanol–water partition coefficient (Wildman–Crippen LogP) is 3.82. The van der Waals surface area contributed by atoms with E-state index in [1.165, 1.54) is 6.42 Å². The molecule has 0 aromatic heterocycles. The van der Waals surface area contributed by atoms with E-state index in [1.54, 1.807) is 0 Å². The summed E-state index contributed by atoms with van der Waals surface area (Å²) in [6.07, 6.45) is 4.67. The molecule has 0 heterocycles. The number of benzene rings is 1. The molecule has 1 aromatic carbocycles. The van der Waals surface area contributed by atoms with Crippen LogP contribution in [0.4, 0.5) is 4.39 Å². The van der Waals surface area contributed by atoms with Crippen LogP contribution in [0, 0.1) is 0 Å². The molecule has 0 aliphatic heterocycles. The van der Waals surface area contributed by atoms with E-state index in [0.29, 0.717) is 12.8 Å². The lowest BCUT2D eigenvalue weighted by molar-refractivity contribution is 0.106. The molecule has 0 unspecified atom stereocenters. The molecule has 1 aliphatic carbocycles. The Kier molecular flexibility index (Phi) is 2.34. The maximum atomic E-state index is 14.3. The Balaban J connectivity index is 2.23. The van der Waals surface area contributed by atoms with Gasteiger partial charge in [-0.25, -0.2) is 4.39 Å². The third kappa shape index (κ3) is 1.74. The first-order chi connectivity index (χ1) is 6.31. The molecule has 70 valence electrons. The second-order valence-electron chi connectivity index (χ2n) is 3.89. The van der Waals surface area contributed by atoms with Gasteiger partial charge in [-0.15, -0.1) is 0 Å². The molecule has 1 aromatic rings. The van der Waals surface area contributed by atoms with Crippen LogP contribution in [-0.4, -0.2) is 0 Å². The highest BCUT2D eigenvalue weighted by atomic mass is 18.2. The average Bonchev–Trinajstić information content (AvgIpc) is 2.20. The number of rotatable bonds is 1. The van der Waals surface area contributed by atoms with E-state index in [0.717, 1.165) is 18.4 Å². The lowest BCUT2D eigenvalue weighted by Crippen LogP contribution is -2.23. The highest BCUT2D eigenvalue weighted by Gasteiger charge is 2.32. The summed E-state index contributed by atoms with van der Waals surface area (Å²) in [6.45, 7) is 0. The van der Waals surface area contributed by atoms with Gasteiger partial charge in [-0.05, 0) is 31.2 Å². The fraction of sp³-hybridized carbons (Fsp3) is 0.500. The molecule has 1 heteroatoms. The Hall–Kier alpha value is -0.850. The summed E-state index contributed by atoms with van der Waals surface area (Å²) >= 11 is 0. The molecule has 1 fully saturated rings. The molecule has 0 radical (unpaired) electrons. The van der Waals surface area contributed by atoms with Gasteiger partial charge in [0, 0.05) is 0 Å². The molecular weight excluding hydrogens is 162 g/mol. The molecule has 2 rings (SSSR count). The van der Waals surface area contributed by atoms with Crippen molar-refractivity contribution in [2.24, 2.45) is 0 Å². The Morgan fingerprint density at radius 2 is 1.54 bits per heavy atom. The summed E-state index contributed by atoms with van der Waals surface area (Å²) < 4.78 is 14.3. The largest absolute Gasteiger partial charge is 0.239 e. The van der Waals surface area contributed by atoms with Gasteiger partial charge in [0.2, 0.25) is 0 Å². The number of halogens is 1. The fourth-order valence-corrected chi connectivity index (χ4v) is 2.14. The molecule has 0 bridgehead atoms. The molecular formula is C12H15F. The molecule has 0 spiro atoms. The normalized spacial score (nSPS) is 21.3. The zero-order valence-electron chi connectivity index (χ0n) is 7.80. The summed E-state index contributed by atoms with van der Waals surface area (Å²) in [5.41, 5.74) is -0.158. The van der Waals surface area contributed by atoms with Crippen LogP contribution in [0.2, 0.25) is 0 Å².